The fourth-order valence-electron chi connectivity index (χ4n) is 2.06. The van der Waals surface area contributed by atoms with Crippen molar-refractivity contribution >= 4 is 12.4 Å². The number of carbonyl (C=O) groups excluding carboxylic acids is 1. The van der Waals surface area contributed by atoms with Crippen LogP contribution in [0.4, 0.5) is 4.79 Å². The van der Waals surface area contributed by atoms with Crippen LogP contribution in [-0.4, -0.2) is 34.5 Å². The Bertz CT molecular complexity index is 217. The van der Waals surface area contributed by atoms with E-state index in [1.54, 1.807) is 0 Å². The van der Waals surface area contributed by atoms with Gasteiger partial charge in [0.2, 0.25) is 0 Å². The quantitative estimate of drug-likeness (QED) is 0.678. The van der Waals surface area contributed by atoms with E-state index in [0.29, 0.717) is 19.4 Å². The van der Waals surface area contributed by atoms with Gasteiger partial charge in [0.05, 0.1) is 0 Å². The van der Waals surface area contributed by atoms with E-state index in [1.165, 1.54) is 4.90 Å². The van der Waals surface area contributed by atoms with Crippen molar-refractivity contribution in [2.75, 3.05) is 6.54 Å². The van der Waals surface area contributed by atoms with Crippen molar-refractivity contribution in [2.45, 2.75) is 38.1 Å². The van der Waals surface area contributed by atoms with Crippen molar-refractivity contribution in [2.24, 2.45) is 0 Å². The highest BCUT2D eigenvalue weighted by Gasteiger charge is 2.42. The Morgan fingerprint density at radius 2 is 2.38 bits per heavy atom. The molecule has 0 saturated carbocycles. The summed E-state index contributed by atoms with van der Waals surface area (Å²) >= 11 is 0. The Morgan fingerprint density at radius 3 is 2.85 bits per heavy atom. The van der Waals surface area contributed by atoms with E-state index in [1.807, 2.05) is 6.92 Å². The number of rotatable bonds is 3. The molecule has 4 heteroatoms. The van der Waals surface area contributed by atoms with Gasteiger partial charge in [-0.15, -0.1) is 0 Å². The SMILES string of the molecule is CCCC1(C=O)CCCN1C(=O)O. The molecule has 1 atom stereocenters. The highest BCUT2D eigenvalue weighted by molar-refractivity contribution is 5.76. The predicted octanol–water partition coefficient (Wildman–Crippen LogP) is 1.50. The van der Waals surface area contributed by atoms with Crippen molar-refractivity contribution in [3.63, 3.8) is 0 Å². The first-order valence-corrected chi connectivity index (χ1v) is 4.63. The molecule has 0 aliphatic carbocycles. The van der Waals surface area contributed by atoms with Crippen molar-refractivity contribution in [3.05, 3.63) is 0 Å². The molecule has 1 heterocycles. The summed E-state index contributed by atoms with van der Waals surface area (Å²) in [7, 11) is 0. The molecule has 0 bridgehead atoms. The Balaban J connectivity index is 2.82. The number of aldehydes is 1. The lowest BCUT2D eigenvalue weighted by atomic mass is 9.93. The zero-order valence-corrected chi connectivity index (χ0v) is 7.82. The van der Waals surface area contributed by atoms with Crippen LogP contribution in [0.5, 0.6) is 0 Å². The van der Waals surface area contributed by atoms with Gasteiger partial charge in [-0.2, -0.15) is 0 Å². The first-order valence-electron chi connectivity index (χ1n) is 4.63. The van der Waals surface area contributed by atoms with Crippen molar-refractivity contribution in [3.8, 4) is 0 Å². The Kier molecular flexibility index (Phi) is 2.90. The molecule has 0 aromatic rings. The second-order valence-electron chi connectivity index (χ2n) is 3.51. The Hall–Kier alpha value is -1.06. The number of likely N-dealkylation sites (tertiary alicyclic amines) is 1. The van der Waals surface area contributed by atoms with E-state index in [-0.39, 0.29) is 0 Å². The average molecular weight is 185 g/mol. The summed E-state index contributed by atoms with van der Waals surface area (Å²) in [5, 5.41) is 8.87. The molecule has 1 rings (SSSR count). The van der Waals surface area contributed by atoms with Gasteiger partial charge in [-0.05, 0) is 19.3 Å². The van der Waals surface area contributed by atoms with Gasteiger partial charge in [0, 0.05) is 6.54 Å². The van der Waals surface area contributed by atoms with Gasteiger partial charge in [-0.25, -0.2) is 4.79 Å². The molecule has 13 heavy (non-hydrogen) atoms. The van der Waals surface area contributed by atoms with E-state index in [2.05, 4.69) is 0 Å². The predicted molar refractivity (Wildman–Crippen MR) is 47.7 cm³/mol. The van der Waals surface area contributed by atoms with Crippen LogP contribution in [0.15, 0.2) is 0 Å². The smallest absolute Gasteiger partial charge is 0.408 e. The van der Waals surface area contributed by atoms with Crippen LogP contribution in [0, 0.1) is 0 Å². The van der Waals surface area contributed by atoms with E-state index in [0.717, 1.165) is 19.1 Å². The van der Waals surface area contributed by atoms with Crippen LogP contribution in [0.25, 0.3) is 0 Å². The lowest BCUT2D eigenvalue weighted by Gasteiger charge is -2.31. The molecular formula is C9H15NO3. The first-order chi connectivity index (χ1) is 6.16. The van der Waals surface area contributed by atoms with E-state index >= 15 is 0 Å². The van der Waals surface area contributed by atoms with Crippen LogP contribution in [-0.2, 0) is 4.79 Å². The maximum absolute atomic E-state index is 10.9. The molecule has 0 aromatic carbocycles. The van der Waals surface area contributed by atoms with Gasteiger partial charge in [0.15, 0.2) is 0 Å². The number of amides is 1. The highest BCUT2D eigenvalue weighted by atomic mass is 16.4. The van der Waals surface area contributed by atoms with Gasteiger partial charge in [-0.3, -0.25) is 4.90 Å². The van der Waals surface area contributed by atoms with Crippen LogP contribution in [0.1, 0.15) is 32.6 Å². The van der Waals surface area contributed by atoms with E-state index < -0.39 is 11.6 Å². The zero-order valence-electron chi connectivity index (χ0n) is 7.82. The Morgan fingerprint density at radius 1 is 1.69 bits per heavy atom. The van der Waals surface area contributed by atoms with Gasteiger partial charge in [0.25, 0.3) is 0 Å². The summed E-state index contributed by atoms with van der Waals surface area (Å²) in [6.07, 6.45) is 2.78. The van der Waals surface area contributed by atoms with Gasteiger partial charge < -0.3 is 9.90 Å². The van der Waals surface area contributed by atoms with Crippen LogP contribution in [0.2, 0.25) is 0 Å². The maximum Gasteiger partial charge on any atom is 0.408 e. The fraction of sp³-hybridized carbons (Fsp3) is 0.778. The minimum Gasteiger partial charge on any atom is -0.465 e. The first kappa shape index (κ1) is 10.0. The summed E-state index contributed by atoms with van der Waals surface area (Å²) in [6, 6.07) is 0. The summed E-state index contributed by atoms with van der Waals surface area (Å²) in [6.45, 7) is 2.46. The Labute approximate surface area is 77.5 Å². The largest absolute Gasteiger partial charge is 0.465 e. The molecule has 1 amide bonds. The minimum absolute atomic E-state index is 0.494. The molecular weight excluding hydrogens is 170 g/mol. The number of nitrogens with zero attached hydrogens (tertiary/aromatic N) is 1. The molecule has 1 saturated heterocycles. The molecule has 1 N–H and O–H groups in total. The second kappa shape index (κ2) is 3.77. The zero-order chi connectivity index (χ0) is 9.90. The number of carboxylic acid groups (broad SMARTS) is 1. The molecule has 4 nitrogen and oxygen atoms in total. The number of carbonyl (C=O) groups is 2. The molecule has 0 radical (unpaired) electrons. The lowest BCUT2D eigenvalue weighted by Crippen LogP contribution is -2.47. The molecule has 0 aromatic heterocycles. The molecule has 74 valence electrons. The summed E-state index contributed by atoms with van der Waals surface area (Å²) in [5.41, 5.74) is -0.722. The second-order valence-corrected chi connectivity index (χ2v) is 3.51. The van der Waals surface area contributed by atoms with E-state index in [4.69, 9.17) is 5.11 Å². The van der Waals surface area contributed by atoms with Gasteiger partial charge in [0.1, 0.15) is 11.8 Å². The van der Waals surface area contributed by atoms with Gasteiger partial charge >= 0.3 is 6.09 Å². The summed E-state index contributed by atoms with van der Waals surface area (Å²) in [4.78, 5) is 23.0. The summed E-state index contributed by atoms with van der Waals surface area (Å²) in [5.74, 6) is 0. The van der Waals surface area contributed by atoms with E-state index in [9.17, 15) is 9.59 Å². The molecule has 1 fully saturated rings. The normalized spacial score (nSPS) is 27.6. The molecule has 0 spiro atoms. The molecule has 1 aliphatic heterocycles. The van der Waals surface area contributed by atoms with Crippen LogP contribution >= 0.6 is 0 Å². The third kappa shape index (κ3) is 1.66. The molecule has 1 aliphatic rings. The monoisotopic (exact) mass is 185 g/mol. The van der Waals surface area contributed by atoms with Crippen LogP contribution in [0.3, 0.4) is 0 Å². The van der Waals surface area contributed by atoms with Crippen molar-refractivity contribution < 1.29 is 14.7 Å². The fourth-order valence-corrected chi connectivity index (χ4v) is 2.06. The third-order valence-corrected chi connectivity index (χ3v) is 2.66. The van der Waals surface area contributed by atoms with Gasteiger partial charge in [-0.1, -0.05) is 13.3 Å². The maximum atomic E-state index is 10.9. The molecule has 1 unspecified atom stereocenters. The summed E-state index contributed by atoms with van der Waals surface area (Å²) < 4.78 is 0. The number of hydrogen-bond acceptors (Lipinski definition) is 2. The third-order valence-electron chi connectivity index (χ3n) is 2.66. The van der Waals surface area contributed by atoms with Crippen LogP contribution < -0.4 is 0 Å². The number of hydrogen-bond donors (Lipinski definition) is 1. The van der Waals surface area contributed by atoms with Crippen molar-refractivity contribution in [1.29, 1.82) is 0 Å². The highest BCUT2D eigenvalue weighted by Crippen LogP contribution is 2.31. The lowest BCUT2D eigenvalue weighted by molar-refractivity contribution is -0.116. The van der Waals surface area contributed by atoms with Crippen molar-refractivity contribution in [1.82, 2.24) is 4.90 Å². The standard InChI is InChI=1S/C9H15NO3/c1-2-4-9(7-11)5-3-6-10(9)8(12)13/h7H,2-6H2,1H3,(H,12,13). The average Bonchev–Trinajstić information content (AvgIpc) is 2.50. The minimum atomic E-state index is -0.974. The topological polar surface area (TPSA) is 57.6 Å².